The van der Waals surface area contributed by atoms with Gasteiger partial charge in [0.1, 0.15) is 18.1 Å². The third-order valence-electron chi connectivity index (χ3n) is 5.55. The van der Waals surface area contributed by atoms with Crippen LogP contribution in [0.3, 0.4) is 0 Å². The summed E-state index contributed by atoms with van der Waals surface area (Å²) in [6.07, 6.45) is 1.81. The molecular formula is C28H33NO3. The number of methoxy groups -OCH3 is 1. The van der Waals surface area contributed by atoms with Crippen LogP contribution < -0.4 is 14.8 Å². The standard InChI is InChI=1S/C28H33NO3/c1-20(2)25-12-8-9-13-27(25)32-19-24-18-23(16-17-26(24)31-4)28(30)29-21(3)14-15-22-10-6-5-7-11-22/h5-13,16-18,20-21H,14-15,19H2,1-4H3,(H,29,30)/t21-/m0/s1. The number of ether oxygens (including phenoxy) is 2. The van der Waals surface area contributed by atoms with Crippen LogP contribution in [0.5, 0.6) is 11.5 Å². The maximum Gasteiger partial charge on any atom is 0.251 e. The van der Waals surface area contributed by atoms with Gasteiger partial charge in [0, 0.05) is 17.2 Å². The molecule has 3 aromatic rings. The minimum Gasteiger partial charge on any atom is -0.496 e. The van der Waals surface area contributed by atoms with Gasteiger partial charge < -0.3 is 14.8 Å². The highest BCUT2D eigenvalue weighted by Gasteiger charge is 2.14. The Morgan fingerprint density at radius 3 is 2.34 bits per heavy atom. The van der Waals surface area contributed by atoms with Gasteiger partial charge in [-0.05, 0) is 61.1 Å². The van der Waals surface area contributed by atoms with Crippen LogP contribution in [-0.4, -0.2) is 19.1 Å². The quantitative estimate of drug-likeness (QED) is 0.419. The molecule has 3 aromatic carbocycles. The molecule has 0 saturated heterocycles. The van der Waals surface area contributed by atoms with Crippen molar-refractivity contribution in [1.82, 2.24) is 5.32 Å². The lowest BCUT2D eigenvalue weighted by molar-refractivity contribution is 0.0938. The highest BCUT2D eigenvalue weighted by atomic mass is 16.5. The second-order valence-corrected chi connectivity index (χ2v) is 8.41. The smallest absolute Gasteiger partial charge is 0.251 e. The van der Waals surface area contributed by atoms with Crippen LogP contribution in [0.25, 0.3) is 0 Å². The van der Waals surface area contributed by atoms with Crippen molar-refractivity contribution in [2.24, 2.45) is 0 Å². The molecule has 168 valence electrons. The highest BCUT2D eigenvalue weighted by Crippen LogP contribution is 2.28. The number of carbonyl (C=O) groups excluding carboxylic acids is 1. The molecule has 0 saturated carbocycles. The molecule has 0 unspecified atom stereocenters. The molecule has 0 fully saturated rings. The van der Waals surface area contributed by atoms with Crippen molar-refractivity contribution in [2.45, 2.75) is 52.2 Å². The van der Waals surface area contributed by atoms with E-state index in [9.17, 15) is 4.79 Å². The first-order chi connectivity index (χ1) is 15.5. The van der Waals surface area contributed by atoms with E-state index in [1.165, 1.54) is 5.56 Å². The topological polar surface area (TPSA) is 47.6 Å². The van der Waals surface area contributed by atoms with E-state index in [0.29, 0.717) is 23.8 Å². The normalized spacial score (nSPS) is 11.8. The minimum absolute atomic E-state index is 0.0717. The van der Waals surface area contributed by atoms with E-state index in [0.717, 1.165) is 29.7 Å². The molecule has 0 aliphatic carbocycles. The van der Waals surface area contributed by atoms with Gasteiger partial charge in [0.25, 0.3) is 5.91 Å². The zero-order valence-electron chi connectivity index (χ0n) is 19.4. The molecule has 32 heavy (non-hydrogen) atoms. The number of hydrogen-bond donors (Lipinski definition) is 1. The number of rotatable bonds is 10. The summed E-state index contributed by atoms with van der Waals surface area (Å²) >= 11 is 0. The Kier molecular flexibility index (Phi) is 8.32. The first-order valence-electron chi connectivity index (χ1n) is 11.2. The summed E-state index contributed by atoms with van der Waals surface area (Å²) in [6, 6.07) is 23.9. The maximum absolute atomic E-state index is 12.8. The molecule has 0 aliphatic rings. The van der Waals surface area contributed by atoms with Crippen molar-refractivity contribution < 1.29 is 14.3 Å². The fraction of sp³-hybridized carbons (Fsp3) is 0.321. The van der Waals surface area contributed by atoms with Gasteiger partial charge in [-0.15, -0.1) is 0 Å². The van der Waals surface area contributed by atoms with Crippen LogP contribution in [0.1, 0.15) is 60.2 Å². The van der Waals surface area contributed by atoms with Gasteiger partial charge >= 0.3 is 0 Å². The Bertz CT molecular complexity index is 1010. The van der Waals surface area contributed by atoms with E-state index in [1.807, 2.05) is 55.5 Å². The lowest BCUT2D eigenvalue weighted by Crippen LogP contribution is -2.33. The average Bonchev–Trinajstić information content (AvgIpc) is 2.82. The SMILES string of the molecule is COc1ccc(C(=O)N[C@@H](C)CCc2ccccc2)cc1COc1ccccc1C(C)C. The lowest BCUT2D eigenvalue weighted by atomic mass is 10.0. The van der Waals surface area contributed by atoms with Crippen molar-refractivity contribution in [3.8, 4) is 11.5 Å². The molecule has 3 rings (SSSR count). The number of para-hydroxylation sites is 1. The first kappa shape index (κ1) is 23.4. The molecule has 1 atom stereocenters. The molecule has 4 heteroatoms. The second-order valence-electron chi connectivity index (χ2n) is 8.41. The van der Waals surface area contributed by atoms with Crippen molar-refractivity contribution in [2.75, 3.05) is 7.11 Å². The highest BCUT2D eigenvalue weighted by molar-refractivity contribution is 5.94. The maximum atomic E-state index is 12.8. The minimum atomic E-state index is -0.0861. The summed E-state index contributed by atoms with van der Waals surface area (Å²) in [5.74, 6) is 1.84. The van der Waals surface area contributed by atoms with Gasteiger partial charge in [-0.2, -0.15) is 0 Å². The molecule has 1 amide bonds. The van der Waals surface area contributed by atoms with E-state index in [4.69, 9.17) is 9.47 Å². The summed E-state index contributed by atoms with van der Waals surface area (Å²) < 4.78 is 11.6. The van der Waals surface area contributed by atoms with Gasteiger partial charge in [0.05, 0.1) is 7.11 Å². The Morgan fingerprint density at radius 2 is 1.62 bits per heavy atom. The summed E-state index contributed by atoms with van der Waals surface area (Å²) in [6.45, 7) is 6.66. The monoisotopic (exact) mass is 431 g/mol. The predicted molar refractivity (Wildman–Crippen MR) is 130 cm³/mol. The van der Waals surface area contributed by atoms with Crippen LogP contribution in [0.2, 0.25) is 0 Å². The first-order valence-corrected chi connectivity index (χ1v) is 11.2. The number of aryl methyl sites for hydroxylation is 1. The molecular weight excluding hydrogens is 398 g/mol. The van der Waals surface area contributed by atoms with Crippen molar-refractivity contribution in [3.05, 3.63) is 95.1 Å². The third kappa shape index (κ3) is 6.36. The number of carbonyl (C=O) groups is 1. The van der Waals surface area contributed by atoms with Crippen LogP contribution in [0.4, 0.5) is 0 Å². The molecule has 0 spiro atoms. The molecule has 4 nitrogen and oxygen atoms in total. The van der Waals surface area contributed by atoms with Gasteiger partial charge in [-0.1, -0.05) is 62.4 Å². The van der Waals surface area contributed by atoms with Crippen molar-refractivity contribution in [3.63, 3.8) is 0 Å². The second kappa shape index (κ2) is 11.4. The van der Waals surface area contributed by atoms with Crippen LogP contribution in [0, 0.1) is 0 Å². The Hall–Kier alpha value is -3.27. The Labute approximate surface area is 191 Å². The third-order valence-corrected chi connectivity index (χ3v) is 5.55. The van der Waals surface area contributed by atoms with Gasteiger partial charge in [-0.3, -0.25) is 4.79 Å². The molecule has 1 N–H and O–H groups in total. The largest absolute Gasteiger partial charge is 0.496 e. The van der Waals surface area contributed by atoms with Crippen LogP contribution in [-0.2, 0) is 13.0 Å². The number of hydrogen-bond acceptors (Lipinski definition) is 3. The number of nitrogens with one attached hydrogen (secondary N) is 1. The summed E-state index contributed by atoms with van der Waals surface area (Å²) in [5.41, 5.74) is 3.88. The van der Waals surface area contributed by atoms with E-state index >= 15 is 0 Å². The Morgan fingerprint density at radius 1 is 0.906 bits per heavy atom. The zero-order chi connectivity index (χ0) is 22.9. The average molecular weight is 432 g/mol. The summed E-state index contributed by atoms with van der Waals surface area (Å²) in [5, 5.41) is 3.11. The van der Waals surface area contributed by atoms with Crippen molar-refractivity contribution >= 4 is 5.91 Å². The van der Waals surface area contributed by atoms with E-state index in [2.05, 4.69) is 37.4 Å². The van der Waals surface area contributed by atoms with Crippen molar-refractivity contribution in [1.29, 1.82) is 0 Å². The van der Waals surface area contributed by atoms with E-state index < -0.39 is 0 Å². The molecule has 0 aromatic heterocycles. The van der Waals surface area contributed by atoms with Gasteiger partial charge in [-0.25, -0.2) is 0 Å². The summed E-state index contributed by atoms with van der Waals surface area (Å²) in [4.78, 5) is 12.8. The van der Waals surface area contributed by atoms with Gasteiger partial charge in [0.15, 0.2) is 0 Å². The fourth-order valence-electron chi connectivity index (χ4n) is 3.68. The lowest BCUT2D eigenvalue weighted by Gasteiger charge is -2.17. The van der Waals surface area contributed by atoms with E-state index in [1.54, 1.807) is 13.2 Å². The zero-order valence-corrected chi connectivity index (χ0v) is 19.4. The summed E-state index contributed by atoms with van der Waals surface area (Å²) in [7, 11) is 1.63. The molecule has 0 heterocycles. The van der Waals surface area contributed by atoms with Crippen LogP contribution >= 0.6 is 0 Å². The van der Waals surface area contributed by atoms with Gasteiger partial charge in [0.2, 0.25) is 0 Å². The molecule has 0 bridgehead atoms. The molecule has 0 aliphatic heterocycles. The number of benzene rings is 3. The molecule has 0 radical (unpaired) electrons. The predicted octanol–water partition coefficient (Wildman–Crippen LogP) is 6.15. The van der Waals surface area contributed by atoms with E-state index in [-0.39, 0.29) is 11.9 Å². The number of amides is 1. The fourth-order valence-corrected chi connectivity index (χ4v) is 3.68. The Balaban J connectivity index is 1.65. The van der Waals surface area contributed by atoms with Crippen LogP contribution in [0.15, 0.2) is 72.8 Å².